The largest absolute Gasteiger partial charge is 0.497 e. The zero-order valence-corrected chi connectivity index (χ0v) is 16.4. The number of rotatable bonds is 4. The highest BCUT2D eigenvalue weighted by atomic mass is 32.1. The normalized spacial score (nSPS) is 13.3. The van der Waals surface area contributed by atoms with Gasteiger partial charge in [-0.1, -0.05) is 18.2 Å². The molecule has 0 aliphatic carbocycles. The maximum Gasteiger partial charge on any atom is 0.223 e. The molecule has 138 valence electrons. The standard InChI is InChI=1S/C22H22N2O2S/c1-15(25)24-11-3-4-18-13-17(7-10-21(18)24)20-14-27-22(23-20)12-16-5-8-19(26-2)9-6-16/h5-10,13-14H,3-4,11-12H2,1-2H3. The van der Waals surface area contributed by atoms with Crippen molar-refractivity contribution in [3.8, 4) is 17.0 Å². The molecule has 5 heteroatoms. The molecule has 0 bridgehead atoms. The smallest absolute Gasteiger partial charge is 0.223 e. The molecule has 0 saturated carbocycles. The molecule has 1 amide bonds. The Bertz CT molecular complexity index is 963. The minimum Gasteiger partial charge on any atom is -0.497 e. The van der Waals surface area contributed by atoms with Gasteiger partial charge in [0, 0.05) is 36.5 Å². The van der Waals surface area contributed by atoms with Crippen LogP contribution in [0.1, 0.15) is 29.5 Å². The number of carbonyl (C=O) groups is 1. The fourth-order valence-corrected chi connectivity index (χ4v) is 4.36. The van der Waals surface area contributed by atoms with E-state index in [0.29, 0.717) is 0 Å². The summed E-state index contributed by atoms with van der Waals surface area (Å²) in [5.74, 6) is 0.978. The first-order valence-electron chi connectivity index (χ1n) is 9.13. The van der Waals surface area contributed by atoms with Crippen molar-refractivity contribution in [3.05, 3.63) is 64.0 Å². The number of ether oxygens (including phenoxy) is 1. The molecule has 2 heterocycles. The Morgan fingerprint density at radius 3 is 2.78 bits per heavy atom. The lowest BCUT2D eigenvalue weighted by Gasteiger charge is -2.28. The maximum absolute atomic E-state index is 11.8. The van der Waals surface area contributed by atoms with Gasteiger partial charge >= 0.3 is 0 Å². The van der Waals surface area contributed by atoms with Crippen LogP contribution in [0.2, 0.25) is 0 Å². The summed E-state index contributed by atoms with van der Waals surface area (Å²) in [6.45, 7) is 2.44. The molecular formula is C22H22N2O2S. The molecule has 0 radical (unpaired) electrons. The van der Waals surface area contributed by atoms with Crippen LogP contribution in [-0.4, -0.2) is 24.5 Å². The molecule has 4 nitrogen and oxygen atoms in total. The van der Waals surface area contributed by atoms with E-state index in [4.69, 9.17) is 9.72 Å². The van der Waals surface area contributed by atoms with E-state index < -0.39 is 0 Å². The summed E-state index contributed by atoms with van der Waals surface area (Å²) >= 11 is 1.69. The van der Waals surface area contributed by atoms with Gasteiger partial charge in [-0.25, -0.2) is 4.98 Å². The van der Waals surface area contributed by atoms with Gasteiger partial charge in [-0.2, -0.15) is 0 Å². The SMILES string of the molecule is COc1ccc(Cc2nc(-c3ccc4c(c3)CCCN4C(C)=O)cs2)cc1. The highest BCUT2D eigenvalue weighted by Gasteiger charge is 2.20. The molecule has 1 aliphatic rings. The van der Waals surface area contributed by atoms with Crippen molar-refractivity contribution in [1.82, 2.24) is 4.98 Å². The van der Waals surface area contributed by atoms with Crippen LogP contribution in [0.25, 0.3) is 11.3 Å². The Morgan fingerprint density at radius 2 is 2.04 bits per heavy atom. The number of thiazole rings is 1. The second kappa shape index (κ2) is 7.53. The van der Waals surface area contributed by atoms with Crippen molar-refractivity contribution in [3.63, 3.8) is 0 Å². The number of benzene rings is 2. The van der Waals surface area contributed by atoms with Crippen molar-refractivity contribution in [2.24, 2.45) is 0 Å². The van der Waals surface area contributed by atoms with E-state index in [1.807, 2.05) is 17.0 Å². The molecule has 0 unspecified atom stereocenters. The Labute approximate surface area is 163 Å². The number of carbonyl (C=O) groups excluding carboxylic acids is 1. The van der Waals surface area contributed by atoms with E-state index in [2.05, 4.69) is 35.7 Å². The van der Waals surface area contributed by atoms with Crippen LogP contribution < -0.4 is 9.64 Å². The number of hydrogen-bond donors (Lipinski definition) is 0. The highest BCUT2D eigenvalue weighted by Crippen LogP contribution is 2.32. The number of aryl methyl sites for hydroxylation is 1. The van der Waals surface area contributed by atoms with Crippen molar-refractivity contribution in [2.45, 2.75) is 26.2 Å². The highest BCUT2D eigenvalue weighted by molar-refractivity contribution is 7.10. The van der Waals surface area contributed by atoms with Crippen molar-refractivity contribution >= 4 is 22.9 Å². The summed E-state index contributed by atoms with van der Waals surface area (Å²) in [6, 6.07) is 14.4. The molecule has 4 rings (SSSR count). The molecular weight excluding hydrogens is 356 g/mol. The number of fused-ring (bicyclic) bond motifs is 1. The van der Waals surface area contributed by atoms with Gasteiger partial charge in [0.05, 0.1) is 17.8 Å². The van der Waals surface area contributed by atoms with E-state index in [9.17, 15) is 4.79 Å². The van der Waals surface area contributed by atoms with Crippen molar-refractivity contribution in [2.75, 3.05) is 18.6 Å². The van der Waals surface area contributed by atoms with Crippen molar-refractivity contribution in [1.29, 1.82) is 0 Å². The minimum absolute atomic E-state index is 0.110. The third-order valence-electron chi connectivity index (χ3n) is 4.94. The van der Waals surface area contributed by atoms with Gasteiger partial charge in [-0.05, 0) is 48.2 Å². The fourth-order valence-electron chi connectivity index (χ4n) is 3.53. The van der Waals surface area contributed by atoms with Gasteiger partial charge in [0.25, 0.3) is 0 Å². The molecule has 1 aromatic heterocycles. The Kier molecular flexibility index (Phi) is 4.94. The van der Waals surface area contributed by atoms with Crippen LogP contribution in [-0.2, 0) is 17.6 Å². The zero-order chi connectivity index (χ0) is 18.8. The Morgan fingerprint density at radius 1 is 1.22 bits per heavy atom. The number of methoxy groups -OCH3 is 1. The summed E-state index contributed by atoms with van der Waals surface area (Å²) in [6.07, 6.45) is 2.84. The lowest BCUT2D eigenvalue weighted by molar-refractivity contribution is -0.116. The third kappa shape index (κ3) is 3.74. The molecule has 1 aliphatic heterocycles. The first kappa shape index (κ1) is 17.7. The monoisotopic (exact) mass is 378 g/mol. The fraction of sp³-hybridized carbons (Fsp3) is 0.273. The average molecular weight is 378 g/mol. The molecule has 2 aromatic carbocycles. The topological polar surface area (TPSA) is 42.4 Å². The quantitative estimate of drug-likeness (QED) is 0.660. The predicted molar refractivity (Wildman–Crippen MR) is 110 cm³/mol. The van der Waals surface area contributed by atoms with Gasteiger partial charge in [0.1, 0.15) is 5.75 Å². The predicted octanol–water partition coefficient (Wildman–Crippen LogP) is 4.71. The van der Waals surface area contributed by atoms with E-state index in [1.54, 1.807) is 25.4 Å². The van der Waals surface area contributed by atoms with Gasteiger partial charge in [-0.3, -0.25) is 4.79 Å². The number of amides is 1. The Hall–Kier alpha value is -2.66. The second-order valence-electron chi connectivity index (χ2n) is 6.77. The maximum atomic E-state index is 11.8. The van der Waals surface area contributed by atoms with Crippen LogP contribution in [0.3, 0.4) is 0 Å². The third-order valence-corrected chi connectivity index (χ3v) is 5.79. The van der Waals surface area contributed by atoms with E-state index in [-0.39, 0.29) is 5.91 Å². The van der Waals surface area contributed by atoms with Crippen LogP contribution >= 0.6 is 11.3 Å². The first-order valence-corrected chi connectivity index (χ1v) is 10.0. The summed E-state index contributed by atoms with van der Waals surface area (Å²) in [4.78, 5) is 18.5. The number of hydrogen-bond acceptors (Lipinski definition) is 4. The molecule has 0 N–H and O–H groups in total. The molecule has 0 spiro atoms. The summed E-state index contributed by atoms with van der Waals surface area (Å²) in [5, 5.41) is 3.21. The summed E-state index contributed by atoms with van der Waals surface area (Å²) in [5.41, 5.74) is 5.63. The lowest BCUT2D eigenvalue weighted by Crippen LogP contribution is -2.33. The molecule has 3 aromatic rings. The second-order valence-corrected chi connectivity index (χ2v) is 7.71. The molecule has 27 heavy (non-hydrogen) atoms. The van der Waals surface area contributed by atoms with Crippen LogP contribution in [0.15, 0.2) is 47.8 Å². The molecule has 0 fully saturated rings. The molecule has 0 atom stereocenters. The van der Waals surface area contributed by atoms with Crippen LogP contribution in [0.4, 0.5) is 5.69 Å². The van der Waals surface area contributed by atoms with E-state index in [0.717, 1.165) is 53.5 Å². The average Bonchev–Trinajstić information content (AvgIpc) is 3.16. The van der Waals surface area contributed by atoms with Gasteiger partial charge in [0.15, 0.2) is 0 Å². The zero-order valence-electron chi connectivity index (χ0n) is 15.6. The summed E-state index contributed by atoms with van der Waals surface area (Å²) < 4.78 is 5.21. The number of anilines is 1. The number of nitrogens with zero attached hydrogens (tertiary/aromatic N) is 2. The van der Waals surface area contributed by atoms with Gasteiger partial charge < -0.3 is 9.64 Å². The minimum atomic E-state index is 0.110. The Balaban J connectivity index is 1.55. The van der Waals surface area contributed by atoms with Crippen molar-refractivity contribution < 1.29 is 9.53 Å². The lowest BCUT2D eigenvalue weighted by atomic mass is 9.98. The summed E-state index contributed by atoms with van der Waals surface area (Å²) in [7, 11) is 1.68. The van der Waals surface area contributed by atoms with Gasteiger partial charge in [0.2, 0.25) is 5.91 Å². The molecule has 0 saturated heterocycles. The van der Waals surface area contributed by atoms with Crippen LogP contribution in [0.5, 0.6) is 5.75 Å². The van der Waals surface area contributed by atoms with Gasteiger partial charge in [-0.15, -0.1) is 11.3 Å². The number of aromatic nitrogens is 1. The van der Waals surface area contributed by atoms with E-state index >= 15 is 0 Å². The first-order chi connectivity index (χ1) is 13.1. The van der Waals surface area contributed by atoms with E-state index in [1.165, 1.54) is 11.1 Å². The van der Waals surface area contributed by atoms with Crippen LogP contribution in [0, 0.1) is 0 Å².